The van der Waals surface area contributed by atoms with Crippen molar-refractivity contribution in [2.75, 3.05) is 13.2 Å². The first-order chi connectivity index (χ1) is 13.2. The van der Waals surface area contributed by atoms with Crippen molar-refractivity contribution in [2.24, 2.45) is 5.92 Å². The van der Waals surface area contributed by atoms with E-state index < -0.39 is 41.5 Å². The number of carbonyl (C=O) groups is 4. The van der Waals surface area contributed by atoms with E-state index in [-0.39, 0.29) is 30.7 Å². The Labute approximate surface area is 161 Å². The number of fused-ring (bicyclic) bond motifs is 1. The van der Waals surface area contributed by atoms with Gasteiger partial charge < -0.3 is 19.6 Å². The molecule has 2 atom stereocenters. The van der Waals surface area contributed by atoms with Crippen LogP contribution in [0.4, 0.5) is 4.79 Å². The Bertz CT molecular complexity index is 780. The molecule has 0 saturated carbocycles. The number of alkyl carbamates (subject to hydrolysis) is 1. The summed E-state index contributed by atoms with van der Waals surface area (Å²) in [4.78, 5) is 53.6. The largest absolute Gasteiger partial charge is 0.444 e. The van der Waals surface area contributed by atoms with Gasteiger partial charge in [0, 0.05) is 6.54 Å². The highest BCUT2D eigenvalue weighted by Gasteiger charge is 2.41. The molecule has 1 aromatic carbocycles. The fourth-order valence-corrected chi connectivity index (χ4v) is 2.94. The van der Waals surface area contributed by atoms with Gasteiger partial charge in [-0.3, -0.25) is 9.59 Å². The summed E-state index contributed by atoms with van der Waals surface area (Å²) in [6.07, 6.45) is -0.682. The average molecular weight is 390 g/mol. The van der Waals surface area contributed by atoms with Crippen molar-refractivity contribution in [3.63, 3.8) is 0 Å². The number of rotatable bonds is 4. The Morgan fingerprint density at radius 1 is 1.18 bits per heavy atom. The van der Waals surface area contributed by atoms with Gasteiger partial charge in [-0.15, -0.1) is 0 Å². The van der Waals surface area contributed by atoms with Gasteiger partial charge in [0.1, 0.15) is 5.60 Å². The predicted molar refractivity (Wildman–Crippen MR) is 95.1 cm³/mol. The number of ether oxygens (including phenoxy) is 2. The third-order valence-electron chi connectivity index (χ3n) is 4.22. The summed E-state index contributed by atoms with van der Waals surface area (Å²) in [6, 6.07) is 6.26. The van der Waals surface area contributed by atoms with E-state index in [1.165, 1.54) is 12.1 Å². The molecule has 0 spiro atoms. The maximum Gasteiger partial charge on any atom is 0.407 e. The molecule has 3 rings (SSSR count). The summed E-state index contributed by atoms with van der Waals surface area (Å²) >= 11 is 0. The fourth-order valence-electron chi connectivity index (χ4n) is 2.94. The van der Waals surface area contributed by atoms with Gasteiger partial charge in [0.2, 0.25) is 0 Å². The number of imide groups is 1. The highest BCUT2D eigenvalue weighted by molar-refractivity contribution is 6.20. The molecule has 2 aliphatic heterocycles. The minimum Gasteiger partial charge on any atom is -0.444 e. The van der Waals surface area contributed by atoms with Crippen LogP contribution >= 0.6 is 0 Å². The monoisotopic (exact) mass is 390 g/mol. The van der Waals surface area contributed by atoms with Crippen LogP contribution in [0.25, 0.3) is 0 Å². The second-order valence-corrected chi connectivity index (χ2v) is 7.63. The number of carbonyl (C=O) groups excluding carboxylic acids is 4. The third-order valence-corrected chi connectivity index (χ3v) is 4.22. The Kier molecular flexibility index (Phi) is 5.37. The summed E-state index contributed by atoms with van der Waals surface area (Å²) in [7, 11) is 0. The van der Waals surface area contributed by atoms with Crippen LogP contribution in [-0.4, -0.2) is 53.8 Å². The zero-order chi connectivity index (χ0) is 20.5. The van der Waals surface area contributed by atoms with Crippen LogP contribution in [0.2, 0.25) is 0 Å². The van der Waals surface area contributed by atoms with Gasteiger partial charge in [-0.25, -0.2) is 9.59 Å². The van der Waals surface area contributed by atoms with E-state index in [9.17, 15) is 19.2 Å². The summed E-state index contributed by atoms with van der Waals surface area (Å²) in [5.41, 5.74) is -0.218. The number of hydrogen-bond acceptors (Lipinski definition) is 7. The zero-order valence-corrected chi connectivity index (χ0v) is 15.9. The summed E-state index contributed by atoms with van der Waals surface area (Å²) in [5, 5.41) is 3.07. The average Bonchev–Trinajstić information content (AvgIpc) is 3.18. The van der Waals surface area contributed by atoms with Crippen molar-refractivity contribution in [1.82, 2.24) is 10.4 Å². The highest BCUT2D eigenvalue weighted by Crippen LogP contribution is 2.26. The normalized spacial score (nSPS) is 21.5. The van der Waals surface area contributed by atoms with Crippen LogP contribution in [0.5, 0.6) is 0 Å². The van der Waals surface area contributed by atoms with Crippen LogP contribution in [0.1, 0.15) is 47.9 Å². The molecule has 0 aromatic heterocycles. The minimum atomic E-state index is -0.728. The predicted octanol–water partition coefficient (Wildman–Crippen LogP) is 1.67. The first kappa shape index (κ1) is 19.8. The maximum absolute atomic E-state index is 12.4. The van der Waals surface area contributed by atoms with Gasteiger partial charge in [0.25, 0.3) is 11.8 Å². The Hall–Kier alpha value is -2.94. The van der Waals surface area contributed by atoms with Crippen LogP contribution in [0.15, 0.2) is 24.3 Å². The lowest BCUT2D eigenvalue weighted by Crippen LogP contribution is -2.37. The van der Waals surface area contributed by atoms with Crippen LogP contribution in [0, 0.1) is 5.92 Å². The molecule has 1 N–H and O–H groups in total. The van der Waals surface area contributed by atoms with Gasteiger partial charge in [0.15, 0.2) is 0 Å². The minimum absolute atomic E-state index is 0.0721. The SMILES string of the molecule is CC(C)(C)OC(=O)NCC1CC(C(=O)ON2C(=O)c3ccccc3C2=O)CO1. The Morgan fingerprint density at radius 3 is 2.36 bits per heavy atom. The first-order valence-electron chi connectivity index (χ1n) is 8.94. The lowest BCUT2D eigenvalue weighted by molar-refractivity contribution is -0.173. The van der Waals surface area contributed by atoms with Crippen molar-refractivity contribution in [3.8, 4) is 0 Å². The van der Waals surface area contributed by atoms with E-state index in [0.717, 1.165) is 0 Å². The van der Waals surface area contributed by atoms with Crippen molar-refractivity contribution in [1.29, 1.82) is 0 Å². The Morgan fingerprint density at radius 2 is 1.79 bits per heavy atom. The van der Waals surface area contributed by atoms with Crippen LogP contribution in [0.3, 0.4) is 0 Å². The molecule has 1 saturated heterocycles. The van der Waals surface area contributed by atoms with Crippen molar-refractivity contribution >= 4 is 23.9 Å². The van der Waals surface area contributed by atoms with Gasteiger partial charge in [-0.2, -0.15) is 0 Å². The van der Waals surface area contributed by atoms with Crippen LogP contribution in [-0.2, 0) is 19.1 Å². The smallest absolute Gasteiger partial charge is 0.407 e. The molecule has 0 bridgehead atoms. The molecule has 1 fully saturated rings. The quantitative estimate of drug-likeness (QED) is 0.779. The molecule has 28 heavy (non-hydrogen) atoms. The zero-order valence-electron chi connectivity index (χ0n) is 15.9. The third kappa shape index (κ3) is 4.30. The van der Waals surface area contributed by atoms with Gasteiger partial charge in [-0.05, 0) is 39.3 Å². The van der Waals surface area contributed by atoms with E-state index in [0.29, 0.717) is 5.06 Å². The number of nitrogens with zero attached hydrogens (tertiary/aromatic N) is 1. The second kappa shape index (κ2) is 7.59. The first-order valence-corrected chi connectivity index (χ1v) is 8.94. The van der Waals surface area contributed by atoms with Gasteiger partial charge in [0.05, 0.1) is 29.8 Å². The van der Waals surface area contributed by atoms with E-state index in [4.69, 9.17) is 14.3 Å². The second-order valence-electron chi connectivity index (χ2n) is 7.63. The molecule has 2 unspecified atom stereocenters. The van der Waals surface area contributed by atoms with Gasteiger partial charge >= 0.3 is 12.1 Å². The molecule has 0 aliphatic carbocycles. The molecule has 3 amide bonds. The van der Waals surface area contributed by atoms with Crippen molar-refractivity contribution in [3.05, 3.63) is 35.4 Å². The molecule has 0 radical (unpaired) electrons. The molecule has 9 nitrogen and oxygen atoms in total. The van der Waals surface area contributed by atoms with Gasteiger partial charge in [-0.1, -0.05) is 17.2 Å². The van der Waals surface area contributed by atoms with Crippen molar-refractivity contribution in [2.45, 2.75) is 38.9 Å². The van der Waals surface area contributed by atoms with E-state index in [1.807, 2.05) is 0 Å². The standard InChI is InChI=1S/C19H22N2O7/c1-19(2,3)27-18(25)20-9-12-8-11(10-26-12)17(24)28-21-15(22)13-6-4-5-7-14(13)16(21)23/h4-7,11-12H,8-10H2,1-3H3,(H,20,25). The maximum atomic E-state index is 12.4. The molecule has 2 heterocycles. The lowest BCUT2D eigenvalue weighted by atomic mass is 10.1. The number of amides is 3. The molecular weight excluding hydrogens is 368 g/mol. The number of hydrogen-bond donors (Lipinski definition) is 1. The lowest BCUT2D eigenvalue weighted by Gasteiger charge is -2.20. The summed E-state index contributed by atoms with van der Waals surface area (Å²) in [6.45, 7) is 5.51. The highest BCUT2D eigenvalue weighted by atomic mass is 16.7. The molecule has 150 valence electrons. The molecule has 2 aliphatic rings. The summed E-state index contributed by atoms with van der Waals surface area (Å²) in [5.74, 6) is -2.71. The number of nitrogens with one attached hydrogen (secondary N) is 1. The Balaban J connectivity index is 1.50. The van der Waals surface area contributed by atoms with E-state index >= 15 is 0 Å². The van der Waals surface area contributed by atoms with Crippen LogP contribution < -0.4 is 5.32 Å². The number of benzene rings is 1. The van der Waals surface area contributed by atoms with E-state index in [2.05, 4.69) is 5.32 Å². The number of hydroxylamine groups is 2. The fraction of sp³-hybridized carbons (Fsp3) is 0.474. The van der Waals surface area contributed by atoms with E-state index in [1.54, 1.807) is 32.9 Å². The molecular formula is C19H22N2O7. The summed E-state index contributed by atoms with van der Waals surface area (Å²) < 4.78 is 10.6. The molecule has 1 aromatic rings. The van der Waals surface area contributed by atoms with Crippen molar-refractivity contribution < 1.29 is 33.5 Å². The molecule has 9 heteroatoms. The topological polar surface area (TPSA) is 111 Å².